The van der Waals surface area contributed by atoms with Gasteiger partial charge in [-0.2, -0.15) is 0 Å². The standard InChI is InChI=1S/C18H21ClN4O2/c1-18(2,25)7-9-23-16-10-12(4-5-15(16)22(3)17(23)24)21-14-6-8-20-11-13(14)19/h4-6,8,10-11,25H,7,9H2,1-3H3,(H,20,21). The molecule has 132 valence electrons. The summed E-state index contributed by atoms with van der Waals surface area (Å²) >= 11 is 6.14. The van der Waals surface area contributed by atoms with E-state index in [0.717, 1.165) is 22.4 Å². The van der Waals surface area contributed by atoms with E-state index in [2.05, 4.69) is 10.3 Å². The fourth-order valence-electron chi connectivity index (χ4n) is 2.72. The predicted octanol–water partition coefficient (Wildman–Crippen LogP) is 3.29. The number of rotatable bonds is 5. The van der Waals surface area contributed by atoms with Crippen LogP contribution >= 0.6 is 11.6 Å². The summed E-state index contributed by atoms with van der Waals surface area (Å²) in [6.45, 7) is 3.92. The molecule has 6 nitrogen and oxygen atoms in total. The van der Waals surface area contributed by atoms with E-state index in [9.17, 15) is 9.90 Å². The highest BCUT2D eigenvalue weighted by atomic mass is 35.5. The Morgan fingerprint density at radius 1 is 1.28 bits per heavy atom. The second kappa shape index (κ2) is 6.54. The quantitative estimate of drug-likeness (QED) is 0.732. The van der Waals surface area contributed by atoms with Gasteiger partial charge in [-0.05, 0) is 44.5 Å². The molecule has 2 heterocycles. The normalized spacial score (nSPS) is 11.9. The number of fused-ring (bicyclic) bond motifs is 1. The number of aromatic nitrogens is 3. The van der Waals surface area contributed by atoms with Crippen molar-refractivity contribution in [2.45, 2.75) is 32.4 Å². The number of imidazole rings is 1. The zero-order chi connectivity index (χ0) is 18.2. The lowest BCUT2D eigenvalue weighted by Gasteiger charge is -2.17. The number of anilines is 2. The molecule has 0 aliphatic heterocycles. The Balaban J connectivity index is 2.01. The molecular formula is C18H21ClN4O2. The number of pyridine rings is 1. The maximum Gasteiger partial charge on any atom is 0.328 e. The molecule has 0 saturated carbocycles. The maximum atomic E-state index is 12.5. The molecule has 0 bridgehead atoms. The lowest BCUT2D eigenvalue weighted by atomic mass is 10.1. The average Bonchev–Trinajstić information content (AvgIpc) is 2.78. The summed E-state index contributed by atoms with van der Waals surface area (Å²) in [6, 6.07) is 7.50. The Morgan fingerprint density at radius 3 is 2.72 bits per heavy atom. The second-order valence-corrected chi connectivity index (χ2v) is 7.15. The van der Waals surface area contributed by atoms with Gasteiger partial charge >= 0.3 is 5.69 Å². The summed E-state index contributed by atoms with van der Waals surface area (Å²) in [5.74, 6) is 0. The summed E-state index contributed by atoms with van der Waals surface area (Å²) in [5, 5.41) is 13.7. The van der Waals surface area contributed by atoms with E-state index in [1.807, 2.05) is 18.2 Å². The molecular weight excluding hydrogens is 340 g/mol. The molecule has 0 radical (unpaired) electrons. The van der Waals surface area contributed by atoms with Crippen LogP contribution in [0.2, 0.25) is 5.02 Å². The molecule has 3 rings (SSSR count). The lowest BCUT2D eigenvalue weighted by Crippen LogP contribution is -2.27. The summed E-state index contributed by atoms with van der Waals surface area (Å²) in [5.41, 5.74) is 2.29. The second-order valence-electron chi connectivity index (χ2n) is 6.74. The van der Waals surface area contributed by atoms with Crippen molar-refractivity contribution < 1.29 is 5.11 Å². The number of nitrogens with one attached hydrogen (secondary N) is 1. The Bertz CT molecular complexity index is 969. The molecule has 1 aromatic carbocycles. The van der Waals surface area contributed by atoms with Gasteiger partial charge in [-0.3, -0.25) is 14.1 Å². The van der Waals surface area contributed by atoms with Crippen molar-refractivity contribution >= 4 is 34.0 Å². The Labute approximate surface area is 150 Å². The monoisotopic (exact) mass is 360 g/mol. The van der Waals surface area contributed by atoms with E-state index < -0.39 is 5.60 Å². The van der Waals surface area contributed by atoms with Crippen molar-refractivity contribution in [2.75, 3.05) is 5.32 Å². The van der Waals surface area contributed by atoms with Gasteiger partial charge in [0.1, 0.15) is 0 Å². The first kappa shape index (κ1) is 17.5. The third-order valence-corrected chi connectivity index (χ3v) is 4.45. The van der Waals surface area contributed by atoms with Gasteiger partial charge in [-0.25, -0.2) is 4.79 Å². The van der Waals surface area contributed by atoms with Crippen LogP contribution in [0.4, 0.5) is 11.4 Å². The van der Waals surface area contributed by atoms with Crippen molar-refractivity contribution in [2.24, 2.45) is 7.05 Å². The maximum absolute atomic E-state index is 12.5. The number of nitrogens with zero attached hydrogens (tertiary/aromatic N) is 3. The van der Waals surface area contributed by atoms with Crippen LogP contribution in [0.1, 0.15) is 20.3 Å². The lowest BCUT2D eigenvalue weighted by molar-refractivity contribution is 0.0662. The van der Waals surface area contributed by atoms with E-state index in [1.165, 1.54) is 0 Å². The predicted molar refractivity (Wildman–Crippen MR) is 101 cm³/mol. The third-order valence-electron chi connectivity index (χ3n) is 4.14. The van der Waals surface area contributed by atoms with Crippen LogP contribution in [0.15, 0.2) is 41.5 Å². The minimum absolute atomic E-state index is 0.0988. The molecule has 3 aromatic rings. The van der Waals surface area contributed by atoms with E-state index in [4.69, 9.17) is 11.6 Å². The summed E-state index contributed by atoms with van der Waals surface area (Å²) in [6.07, 6.45) is 3.72. The highest BCUT2D eigenvalue weighted by Gasteiger charge is 2.16. The van der Waals surface area contributed by atoms with Gasteiger partial charge in [0.15, 0.2) is 0 Å². The first-order valence-electron chi connectivity index (χ1n) is 8.04. The third kappa shape index (κ3) is 3.70. The van der Waals surface area contributed by atoms with Gasteiger partial charge in [0.25, 0.3) is 0 Å². The molecule has 0 saturated heterocycles. The van der Waals surface area contributed by atoms with Crippen molar-refractivity contribution in [3.8, 4) is 0 Å². The number of aryl methyl sites for hydroxylation is 2. The van der Waals surface area contributed by atoms with Crippen LogP contribution in [0.3, 0.4) is 0 Å². The fourth-order valence-corrected chi connectivity index (χ4v) is 2.89. The van der Waals surface area contributed by atoms with Gasteiger partial charge in [0, 0.05) is 31.7 Å². The van der Waals surface area contributed by atoms with Crippen LogP contribution in [0, 0.1) is 0 Å². The minimum atomic E-state index is -0.831. The number of aliphatic hydroxyl groups is 1. The van der Waals surface area contributed by atoms with Crippen molar-refractivity contribution in [1.82, 2.24) is 14.1 Å². The number of benzene rings is 1. The molecule has 25 heavy (non-hydrogen) atoms. The molecule has 2 aromatic heterocycles. The molecule has 0 atom stereocenters. The molecule has 0 aliphatic rings. The van der Waals surface area contributed by atoms with Crippen LogP contribution in [0.5, 0.6) is 0 Å². The van der Waals surface area contributed by atoms with E-state index in [0.29, 0.717) is 18.0 Å². The highest BCUT2D eigenvalue weighted by molar-refractivity contribution is 6.33. The smallest absolute Gasteiger partial charge is 0.328 e. The fraction of sp³-hybridized carbons (Fsp3) is 0.333. The highest BCUT2D eigenvalue weighted by Crippen LogP contribution is 2.26. The number of halogens is 1. The Morgan fingerprint density at radius 2 is 2.04 bits per heavy atom. The Hall–Kier alpha value is -2.31. The van der Waals surface area contributed by atoms with Crippen molar-refractivity contribution in [1.29, 1.82) is 0 Å². The van der Waals surface area contributed by atoms with Gasteiger partial charge < -0.3 is 10.4 Å². The molecule has 7 heteroatoms. The van der Waals surface area contributed by atoms with Gasteiger partial charge in [-0.1, -0.05) is 11.6 Å². The largest absolute Gasteiger partial charge is 0.390 e. The van der Waals surface area contributed by atoms with Crippen molar-refractivity contribution in [3.05, 3.63) is 52.2 Å². The zero-order valence-corrected chi connectivity index (χ0v) is 15.2. The number of hydrogen-bond acceptors (Lipinski definition) is 4. The number of hydrogen-bond donors (Lipinski definition) is 2. The molecule has 0 aliphatic carbocycles. The minimum Gasteiger partial charge on any atom is -0.390 e. The van der Waals surface area contributed by atoms with Crippen LogP contribution in [-0.2, 0) is 13.6 Å². The first-order chi connectivity index (χ1) is 11.8. The SMILES string of the molecule is Cn1c(=O)n(CCC(C)(C)O)c2cc(Nc3ccncc3Cl)ccc21. The molecule has 0 fully saturated rings. The topological polar surface area (TPSA) is 72.1 Å². The summed E-state index contributed by atoms with van der Waals surface area (Å²) < 4.78 is 3.30. The van der Waals surface area contributed by atoms with E-state index in [-0.39, 0.29) is 5.69 Å². The van der Waals surface area contributed by atoms with Crippen LogP contribution in [-0.4, -0.2) is 24.8 Å². The Kier molecular flexibility index (Phi) is 4.58. The zero-order valence-electron chi connectivity index (χ0n) is 14.5. The van der Waals surface area contributed by atoms with Gasteiger partial charge in [-0.15, -0.1) is 0 Å². The molecule has 0 spiro atoms. The van der Waals surface area contributed by atoms with E-state index in [1.54, 1.807) is 48.5 Å². The van der Waals surface area contributed by atoms with Crippen LogP contribution in [0.25, 0.3) is 11.0 Å². The first-order valence-corrected chi connectivity index (χ1v) is 8.42. The van der Waals surface area contributed by atoms with Gasteiger partial charge in [0.2, 0.25) is 0 Å². The van der Waals surface area contributed by atoms with E-state index >= 15 is 0 Å². The van der Waals surface area contributed by atoms with Crippen molar-refractivity contribution in [3.63, 3.8) is 0 Å². The average molecular weight is 361 g/mol. The molecule has 2 N–H and O–H groups in total. The van der Waals surface area contributed by atoms with Gasteiger partial charge in [0.05, 0.1) is 27.3 Å². The molecule has 0 unspecified atom stereocenters. The van der Waals surface area contributed by atoms with Crippen LogP contribution < -0.4 is 11.0 Å². The molecule has 0 amide bonds. The summed E-state index contributed by atoms with van der Waals surface area (Å²) in [7, 11) is 1.75. The summed E-state index contributed by atoms with van der Waals surface area (Å²) in [4.78, 5) is 16.5.